The van der Waals surface area contributed by atoms with Gasteiger partial charge in [-0.2, -0.15) is 0 Å². The summed E-state index contributed by atoms with van der Waals surface area (Å²) in [6.45, 7) is 14.3. The molecule has 1 N–H and O–H groups in total. The van der Waals surface area contributed by atoms with Crippen molar-refractivity contribution in [3.8, 4) is 0 Å². The zero-order chi connectivity index (χ0) is 14.1. The number of likely N-dealkylation sites (tertiary alicyclic amines) is 1. The highest BCUT2D eigenvalue weighted by molar-refractivity contribution is 4.85. The van der Waals surface area contributed by atoms with Crippen LogP contribution in [0.5, 0.6) is 0 Å². The van der Waals surface area contributed by atoms with Gasteiger partial charge >= 0.3 is 0 Å². The maximum Gasteiger partial charge on any atom is 0.00954 e. The zero-order valence-electron chi connectivity index (χ0n) is 13.8. The fourth-order valence-corrected chi connectivity index (χ4v) is 3.28. The second kappa shape index (κ2) is 8.97. The summed E-state index contributed by atoms with van der Waals surface area (Å²) in [5.74, 6) is 0. The van der Waals surface area contributed by atoms with Gasteiger partial charge in [0.05, 0.1) is 0 Å². The molecular formula is C17H36N2. The quantitative estimate of drug-likeness (QED) is 0.635. The van der Waals surface area contributed by atoms with Crippen LogP contribution in [0.4, 0.5) is 0 Å². The van der Waals surface area contributed by atoms with Crippen molar-refractivity contribution in [2.75, 3.05) is 26.2 Å². The number of nitrogens with one attached hydrogen (secondary N) is 1. The second-order valence-corrected chi connectivity index (χ2v) is 6.75. The van der Waals surface area contributed by atoms with E-state index in [4.69, 9.17) is 0 Å². The van der Waals surface area contributed by atoms with E-state index >= 15 is 0 Å². The van der Waals surface area contributed by atoms with Gasteiger partial charge in [-0.05, 0) is 50.6 Å². The van der Waals surface area contributed by atoms with Gasteiger partial charge in [0.2, 0.25) is 0 Å². The molecule has 0 spiro atoms. The minimum atomic E-state index is 0.443. The van der Waals surface area contributed by atoms with Crippen molar-refractivity contribution >= 4 is 0 Å². The van der Waals surface area contributed by atoms with E-state index in [0.29, 0.717) is 5.41 Å². The molecule has 2 atom stereocenters. The fraction of sp³-hybridized carbons (Fsp3) is 1.00. The van der Waals surface area contributed by atoms with Gasteiger partial charge in [0.25, 0.3) is 0 Å². The van der Waals surface area contributed by atoms with E-state index in [9.17, 15) is 0 Å². The lowest BCUT2D eigenvalue weighted by Gasteiger charge is -2.42. The van der Waals surface area contributed by atoms with E-state index in [-0.39, 0.29) is 0 Å². The van der Waals surface area contributed by atoms with Crippen molar-refractivity contribution in [1.29, 1.82) is 0 Å². The lowest BCUT2D eigenvalue weighted by atomic mass is 9.84. The van der Waals surface area contributed by atoms with Gasteiger partial charge in [-0.25, -0.2) is 0 Å². The van der Waals surface area contributed by atoms with Crippen LogP contribution in [0.25, 0.3) is 0 Å². The zero-order valence-corrected chi connectivity index (χ0v) is 13.8. The van der Waals surface area contributed by atoms with Crippen molar-refractivity contribution in [2.24, 2.45) is 5.41 Å². The molecule has 0 aromatic heterocycles. The molecule has 0 aromatic carbocycles. The first kappa shape index (κ1) is 17.0. The second-order valence-electron chi connectivity index (χ2n) is 6.75. The maximum absolute atomic E-state index is 3.64. The molecule has 2 heteroatoms. The van der Waals surface area contributed by atoms with Crippen LogP contribution in [0.15, 0.2) is 0 Å². The monoisotopic (exact) mass is 268 g/mol. The Labute approximate surface area is 121 Å². The SMILES string of the molecule is CCCNCC(C)(CC)CN1CCCCC1CCC. The number of hydrogen-bond acceptors (Lipinski definition) is 2. The summed E-state index contributed by atoms with van der Waals surface area (Å²) in [6, 6.07) is 0.857. The Balaban J connectivity index is 2.50. The molecule has 1 aliphatic heterocycles. The third-order valence-corrected chi connectivity index (χ3v) is 4.79. The molecule has 1 rings (SSSR count). The first-order chi connectivity index (χ1) is 9.15. The van der Waals surface area contributed by atoms with E-state index in [1.54, 1.807) is 0 Å². The molecule has 0 bridgehead atoms. The Bertz CT molecular complexity index is 227. The highest BCUT2D eigenvalue weighted by Crippen LogP contribution is 2.28. The average Bonchev–Trinajstić information content (AvgIpc) is 2.42. The van der Waals surface area contributed by atoms with Crippen molar-refractivity contribution in [3.05, 3.63) is 0 Å². The highest BCUT2D eigenvalue weighted by atomic mass is 15.2. The minimum absolute atomic E-state index is 0.443. The summed E-state index contributed by atoms with van der Waals surface area (Å²) in [6.07, 6.45) is 9.51. The molecule has 1 aliphatic rings. The topological polar surface area (TPSA) is 15.3 Å². The lowest BCUT2D eigenvalue weighted by molar-refractivity contribution is 0.0799. The standard InChI is InChI=1S/C17H36N2/c1-5-10-16-11-8-9-13-19(16)15-17(4,7-3)14-18-12-6-2/h16,18H,5-15H2,1-4H3. The predicted octanol–water partition coefficient (Wildman–Crippen LogP) is 4.06. The van der Waals surface area contributed by atoms with Gasteiger partial charge in [0.1, 0.15) is 0 Å². The molecule has 0 aliphatic carbocycles. The fourth-order valence-electron chi connectivity index (χ4n) is 3.28. The van der Waals surface area contributed by atoms with Crippen LogP contribution < -0.4 is 5.32 Å². The molecule has 114 valence electrons. The molecule has 0 radical (unpaired) electrons. The normalized spacial score (nSPS) is 24.3. The van der Waals surface area contributed by atoms with Crippen LogP contribution in [0.2, 0.25) is 0 Å². The summed E-state index contributed by atoms with van der Waals surface area (Å²) in [4.78, 5) is 2.80. The summed E-state index contributed by atoms with van der Waals surface area (Å²) < 4.78 is 0. The number of hydrogen-bond donors (Lipinski definition) is 1. The molecule has 0 amide bonds. The number of rotatable bonds is 9. The maximum atomic E-state index is 3.64. The van der Waals surface area contributed by atoms with Crippen LogP contribution in [-0.2, 0) is 0 Å². The Kier molecular flexibility index (Phi) is 8.01. The van der Waals surface area contributed by atoms with Crippen LogP contribution in [0.1, 0.15) is 72.6 Å². The number of piperidine rings is 1. The molecule has 1 heterocycles. The molecule has 2 unspecified atom stereocenters. The van der Waals surface area contributed by atoms with E-state index in [1.165, 1.54) is 64.6 Å². The smallest absolute Gasteiger partial charge is 0.00954 e. The Morgan fingerprint density at radius 3 is 2.58 bits per heavy atom. The van der Waals surface area contributed by atoms with Gasteiger partial charge < -0.3 is 5.32 Å². The molecule has 19 heavy (non-hydrogen) atoms. The third kappa shape index (κ3) is 5.83. The first-order valence-corrected chi connectivity index (χ1v) is 8.60. The van der Waals surface area contributed by atoms with Gasteiger partial charge in [-0.1, -0.05) is 40.5 Å². The van der Waals surface area contributed by atoms with Crippen molar-refractivity contribution in [3.63, 3.8) is 0 Å². The largest absolute Gasteiger partial charge is 0.316 e. The van der Waals surface area contributed by atoms with Gasteiger partial charge in [0.15, 0.2) is 0 Å². The van der Waals surface area contributed by atoms with Crippen LogP contribution in [-0.4, -0.2) is 37.1 Å². The molecule has 1 saturated heterocycles. The van der Waals surface area contributed by atoms with E-state index in [0.717, 1.165) is 12.6 Å². The molecule has 0 saturated carbocycles. The van der Waals surface area contributed by atoms with Gasteiger partial charge in [-0.3, -0.25) is 4.90 Å². The van der Waals surface area contributed by atoms with Crippen molar-refractivity contribution in [1.82, 2.24) is 10.2 Å². The van der Waals surface area contributed by atoms with Gasteiger partial charge in [-0.15, -0.1) is 0 Å². The molecular weight excluding hydrogens is 232 g/mol. The molecule has 2 nitrogen and oxygen atoms in total. The minimum Gasteiger partial charge on any atom is -0.316 e. The first-order valence-electron chi connectivity index (χ1n) is 8.60. The molecule has 1 fully saturated rings. The van der Waals surface area contributed by atoms with Crippen molar-refractivity contribution in [2.45, 2.75) is 78.7 Å². The summed E-state index contributed by atoms with van der Waals surface area (Å²) in [5.41, 5.74) is 0.443. The average molecular weight is 268 g/mol. The van der Waals surface area contributed by atoms with Crippen LogP contribution >= 0.6 is 0 Å². The van der Waals surface area contributed by atoms with Crippen molar-refractivity contribution < 1.29 is 0 Å². The Morgan fingerprint density at radius 2 is 1.95 bits per heavy atom. The number of nitrogens with zero attached hydrogens (tertiary/aromatic N) is 1. The lowest BCUT2D eigenvalue weighted by Crippen LogP contribution is -2.48. The van der Waals surface area contributed by atoms with Crippen LogP contribution in [0.3, 0.4) is 0 Å². The molecule has 0 aromatic rings. The summed E-state index contributed by atoms with van der Waals surface area (Å²) in [7, 11) is 0. The van der Waals surface area contributed by atoms with Crippen LogP contribution in [0, 0.1) is 5.41 Å². The Hall–Kier alpha value is -0.0800. The van der Waals surface area contributed by atoms with E-state index < -0.39 is 0 Å². The predicted molar refractivity (Wildman–Crippen MR) is 85.7 cm³/mol. The Morgan fingerprint density at radius 1 is 1.16 bits per heavy atom. The summed E-state index contributed by atoms with van der Waals surface area (Å²) in [5, 5.41) is 3.64. The summed E-state index contributed by atoms with van der Waals surface area (Å²) >= 11 is 0. The highest BCUT2D eigenvalue weighted by Gasteiger charge is 2.29. The van der Waals surface area contributed by atoms with E-state index in [1.807, 2.05) is 0 Å². The third-order valence-electron chi connectivity index (χ3n) is 4.79. The van der Waals surface area contributed by atoms with E-state index in [2.05, 4.69) is 37.9 Å². The van der Waals surface area contributed by atoms with Gasteiger partial charge in [0, 0.05) is 19.1 Å².